The second kappa shape index (κ2) is 7.19. The number of anilines is 2. The normalized spacial score (nSPS) is 17.6. The lowest BCUT2D eigenvalue weighted by Crippen LogP contribution is -2.36. The predicted molar refractivity (Wildman–Crippen MR) is 99.2 cm³/mol. The van der Waals surface area contributed by atoms with Gasteiger partial charge in [-0.1, -0.05) is 0 Å². The number of nitrogens with one attached hydrogen (secondary N) is 1. The van der Waals surface area contributed by atoms with Crippen molar-refractivity contribution >= 4 is 11.8 Å². The van der Waals surface area contributed by atoms with Crippen LogP contribution in [0.1, 0.15) is 42.2 Å². The minimum Gasteiger partial charge on any atom is -0.388 e. The van der Waals surface area contributed by atoms with Gasteiger partial charge in [0.1, 0.15) is 18.2 Å². The third-order valence-corrected chi connectivity index (χ3v) is 5.72. The molecular formula is C18H27N7O. The van der Waals surface area contributed by atoms with Crippen molar-refractivity contribution in [2.24, 2.45) is 13.0 Å². The number of piperidine rings is 1. The molecule has 0 saturated carbocycles. The fourth-order valence-electron chi connectivity index (χ4n) is 4.08. The number of aryl methyl sites for hydroxylation is 1. The van der Waals surface area contributed by atoms with Crippen LogP contribution < -0.4 is 10.2 Å². The summed E-state index contributed by atoms with van der Waals surface area (Å²) < 4.78 is 1.91. The van der Waals surface area contributed by atoms with Crippen molar-refractivity contribution in [3.8, 4) is 0 Å². The van der Waals surface area contributed by atoms with Gasteiger partial charge in [-0.3, -0.25) is 0 Å². The second-order valence-corrected chi connectivity index (χ2v) is 7.29. The summed E-state index contributed by atoms with van der Waals surface area (Å²) in [6, 6.07) is 0. The molecule has 2 N–H and O–H groups in total. The van der Waals surface area contributed by atoms with Crippen LogP contribution in [0.15, 0.2) is 0 Å². The lowest BCUT2D eigenvalue weighted by atomic mass is 9.93. The quantitative estimate of drug-likeness (QED) is 0.827. The predicted octanol–water partition coefficient (Wildman–Crippen LogP) is 1.09. The van der Waals surface area contributed by atoms with Gasteiger partial charge >= 0.3 is 0 Å². The van der Waals surface area contributed by atoms with E-state index in [2.05, 4.69) is 20.4 Å². The fraction of sp³-hybridized carbons (Fsp3) is 0.667. The SMILES string of the molecule is CNc1nc(N2CCC(Cc3nnc(CO)n3C)CC2)nc2c1CCC2. The Labute approximate surface area is 153 Å². The third kappa shape index (κ3) is 3.13. The highest BCUT2D eigenvalue weighted by Crippen LogP contribution is 2.30. The Morgan fingerprint density at radius 3 is 2.58 bits per heavy atom. The number of hydrogen-bond acceptors (Lipinski definition) is 7. The molecule has 0 spiro atoms. The topological polar surface area (TPSA) is 92.0 Å². The summed E-state index contributed by atoms with van der Waals surface area (Å²) in [4.78, 5) is 11.9. The largest absolute Gasteiger partial charge is 0.388 e. The monoisotopic (exact) mass is 357 g/mol. The molecule has 1 saturated heterocycles. The lowest BCUT2D eigenvalue weighted by molar-refractivity contribution is 0.266. The molecule has 1 fully saturated rings. The molecule has 2 aliphatic rings. The Hall–Kier alpha value is -2.22. The number of aromatic nitrogens is 5. The van der Waals surface area contributed by atoms with Crippen molar-refractivity contribution in [3.63, 3.8) is 0 Å². The van der Waals surface area contributed by atoms with E-state index in [0.29, 0.717) is 11.7 Å². The highest BCUT2D eigenvalue weighted by atomic mass is 16.3. The van der Waals surface area contributed by atoms with E-state index in [9.17, 15) is 5.11 Å². The molecule has 3 heterocycles. The molecule has 140 valence electrons. The van der Waals surface area contributed by atoms with E-state index in [-0.39, 0.29) is 6.61 Å². The molecular weight excluding hydrogens is 330 g/mol. The number of nitrogens with zero attached hydrogens (tertiary/aromatic N) is 6. The zero-order valence-electron chi connectivity index (χ0n) is 15.6. The molecule has 2 aromatic rings. The number of aliphatic hydroxyl groups is 1. The van der Waals surface area contributed by atoms with Gasteiger partial charge in [0.05, 0.1) is 5.69 Å². The van der Waals surface area contributed by atoms with Crippen LogP contribution in [0.2, 0.25) is 0 Å². The molecule has 8 heteroatoms. The summed E-state index contributed by atoms with van der Waals surface area (Å²) in [7, 11) is 3.87. The average molecular weight is 357 g/mol. The van der Waals surface area contributed by atoms with E-state index in [1.54, 1.807) is 0 Å². The Kier molecular flexibility index (Phi) is 4.76. The van der Waals surface area contributed by atoms with Crippen LogP contribution in [-0.2, 0) is 32.9 Å². The summed E-state index contributed by atoms with van der Waals surface area (Å²) in [5.74, 6) is 4.04. The van der Waals surface area contributed by atoms with Crippen molar-refractivity contribution in [2.45, 2.75) is 45.1 Å². The summed E-state index contributed by atoms with van der Waals surface area (Å²) in [5.41, 5.74) is 2.52. The van der Waals surface area contributed by atoms with E-state index >= 15 is 0 Å². The summed E-state index contributed by atoms with van der Waals surface area (Å²) in [5, 5.41) is 20.8. The van der Waals surface area contributed by atoms with Gasteiger partial charge in [0.25, 0.3) is 0 Å². The maximum Gasteiger partial charge on any atom is 0.227 e. The molecule has 2 aromatic heterocycles. The van der Waals surface area contributed by atoms with Crippen LogP contribution in [0, 0.1) is 5.92 Å². The van der Waals surface area contributed by atoms with Crippen LogP contribution >= 0.6 is 0 Å². The van der Waals surface area contributed by atoms with Crippen molar-refractivity contribution in [1.82, 2.24) is 24.7 Å². The van der Waals surface area contributed by atoms with Gasteiger partial charge in [-0.05, 0) is 38.0 Å². The van der Waals surface area contributed by atoms with E-state index in [0.717, 1.165) is 62.8 Å². The van der Waals surface area contributed by atoms with Gasteiger partial charge in [-0.25, -0.2) is 4.98 Å². The highest BCUT2D eigenvalue weighted by molar-refractivity contribution is 5.52. The summed E-state index contributed by atoms with van der Waals surface area (Å²) in [6.07, 6.45) is 6.42. The molecule has 0 bridgehead atoms. The van der Waals surface area contributed by atoms with Gasteiger partial charge in [0.15, 0.2) is 5.82 Å². The Bertz CT molecular complexity index is 780. The zero-order valence-corrected chi connectivity index (χ0v) is 15.6. The number of fused-ring (bicyclic) bond motifs is 1. The van der Waals surface area contributed by atoms with Gasteiger partial charge < -0.3 is 19.9 Å². The first-order valence-corrected chi connectivity index (χ1v) is 9.50. The maximum atomic E-state index is 9.26. The van der Waals surface area contributed by atoms with Crippen LogP contribution in [-0.4, -0.2) is 50.0 Å². The van der Waals surface area contributed by atoms with Crippen LogP contribution in [0.4, 0.5) is 11.8 Å². The van der Waals surface area contributed by atoms with Crippen molar-refractivity contribution in [3.05, 3.63) is 22.9 Å². The summed E-state index contributed by atoms with van der Waals surface area (Å²) in [6.45, 7) is 1.88. The molecule has 0 amide bonds. The zero-order chi connectivity index (χ0) is 18.1. The first kappa shape index (κ1) is 17.2. The number of rotatable bonds is 5. The number of hydrogen-bond donors (Lipinski definition) is 2. The number of aliphatic hydroxyl groups excluding tert-OH is 1. The molecule has 26 heavy (non-hydrogen) atoms. The minimum atomic E-state index is -0.0641. The van der Waals surface area contributed by atoms with Gasteiger partial charge in [-0.15, -0.1) is 10.2 Å². The van der Waals surface area contributed by atoms with Gasteiger partial charge in [0.2, 0.25) is 5.95 Å². The first-order chi connectivity index (χ1) is 12.7. The third-order valence-electron chi connectivity index (χ3n) is 5.72. The van der Waals surface area contributed by atoms with E-state index in [1.807, 2.05) is 18.7 Å². The van der Waals surface area contributed by atoms with Crippen LogP contribution in [0.25, 0.3) is 0 Å². The Balaban J connectivity index is 1.41. The van der Waals surface area contributed by atoms with E-state index < -0.39 is 0 Å². The standard InChI is InChI=1S/C18H27N7O/c1-19-17-13-4-3-5-14(13)20-18(21-17)25-8-6-12(7-9-25)10-15-22-23-16(11-26)24(15)2/h12,26H,3-11H2,1-2H3,(H,19,20,21). The smallest absolute Gasteiger partial charge is 0.227 e. The van der Waals surface area contributed by atoms with Crippen LogP contribution in [0.3, 0.4) is 0 Å². The highest BCUT2D eigenvalue weighted by Gasteiger charge is 2.25. The lowest BCUT2D eigenvalue weighted by Gasteiger charge is -2.32. The fourth-order valence-corrected chi connectivity index (χ4v) is 4.08. The molecule has 4 rings (SSSR count). The molecule has 1 aliphatic carbocycles. The molecule has 0 aromatic carbocycles. The van der Waals surface area contributed by atoms with Gasteiger partial charge in [-0.2, -0.15) is 4.98 Å². The van der Waals surface area contributed by atoms with E-state index in [4.69, 9.17) is 9.97 Å². The van der Waals surface area contributed by atoms with Crippen LogP contribution in [0.5, 0.6) is 0 Å². The molecule has 0 unspecified atom stereocenters. The van der Waals surface area contributed by atoms with Crippen molar-refractivity contribution < 1.29 is 5.11 Å². The molecule has 0 radical (unpaired) electrons. The maximum absolute atomic E-state index is 9.26. The second-order valence-electron chi connectivity index (χ2n) is 7.29. The molecule has 0 atom stereocenters. The Morgan fingerprint density at radius 1 is 1.12 bits per heavy atom. The van der Waals surface area contributed by atoms with Crippen molar-refractivity contribution in [2.75, 3.05) is 30.4 Å². The molecule has 8 nitrogen and oxygen atoms in total. The summed E-state index contributed by atoms with van der Waals surface area (Å²) >= 11 is 0. The van der Waals surface area contributed by atoms with Crippen molar-refractivity contribution in [1.29, 1.82) is 0 Å². The minimum absolute atomic E-state index is 0.0641. The van der Waals surface area contributed by atoms with Gasteiger partial charge in [0, 0.05) is 39.2 Å². The molecule has 1 aliphatic heterocycles. The van der Waals surface area contributed by atoms with E-state index in [1.165, 1.54) is 17.7 Å². The Morgan fingerprint density at radius 2 is 1.88 bits per heavy atom. The first-order valence-electron chi connectivity index (χ1n) is 9.50. The average Bonchev–Trinajstić information content (AvgIpc) is 3.28.